The highest BCUT2D eigenvalue weighted by Gasteiger charge is 2.19. The van der Waals surface area contributed by atoms with Gasteiger partial charge in [0.25, 0.3) is 5.91 Å². The van der Waals surface area contributed by atoms with Crippen LogP contribution in [0.3, 0.4) is 0 Å². The van der Waals surface area contributed by atoms with Crippen molar-refractivity contribution >= 4 is 40.3 Å². The first-order chi connectivity index (χ1) is 12.6. The maximum absolute atomic E-state index is 12.6. The number of nitrogens with one attached hydrogen (secondary N) is 2. The Morgan fingerprint density at radius 1 is 1.00 bits per heavy atom. The molecule has 4 rings (SSSR count). The molecule has 6 heteroatoms. The van der Waals surface area contributed by atoms with Gasteiger partial charge in [-0.2, -0.15) is 0 Å². The molecule has 0 saturated carbocycles. The van der Waals surface area contributed by atoms with E-state index < -0.39 is 0 Å². The Kier molecular flexibility index (Phi) is 4.10. The van der Waals surface area contributed by atoms with Gasteiger partial charge in [0.2, 0.25) is 5.91 Å². The second kappa shape index (κ2) is 6.57. The Morgan fingerprint density at radius 2 is 1.77 bits per heavy atom. The van der Waals surface area contributed by atoms with E-state index in [1.54, 1.807) is 48.5 Å². The van der Waals surface area contributed by atoms with Crippen LogP contribution in [0.4, 0.5) is 11.4 Å². The standard InChI is InChI=1S/C20H14N2O3S/c23-18-11-13-3-4-14(10-16(13)22-18)19(24)12-5-7-15(8-6-12)21-20(25)17-2-1-9-26-17/h1-10H,11H2,(H,21,25)(H,22,23). The van der Waals surface area contributed by atoms with E-state index >= 15 is 0 Å². The van der Waals surface area contributed by atoms with E-state index in [-0.39, 0.29) is 17.6 Å². The predicted molar refractivity (Wildman–Crippen MR) is 101 cm³/mol. The monoisotopic (exact) mass is 362 g/mol. The number of rotatable bonds is 4. The lowest BCUT2D eigenvalue weighted by Gasteiger charge is -2.07. The number of hydrogen-bond acceptors (Lipinski definition) is 4. The zero-order chi connectivity index (χ0) is 18.1. The Bertz CT molecular complexity index is 1010. The SMILES string of the molecule is O=C1Cc2ccc(C(=O)c3ccc(NC(=O)c4cccs4)cc3)cc2N1. The summed E-state index contributed by atoms with van der Waals surface area (Å²) >= 11 is 1.37. The first-order valence-corrected chi connectivity index (χ1v) is 8.90. The summed E-state index contributed by atoms with van der Waals surface area (Å²) in [5.74, 6) is -0.367. The fourth-order valence-electron chi connectivity index (χ4n) is 2.83. The molecule has 2 aromatic carbocycles. The molecule has 3 aromatic rings. The van der Waals surface area contributed by atoms with Crippen LogP contribution < -0.4 is 10.6 Å². The quantitative estimate of drug-likeness (QED) is 0.695. The Balaban J connectivity index is 1.50. The van der Waals surface area contributed by atoms with Crippen LogP contribution in [0.5, 0.6) is 0 Å². The van der Waals surface area contributed by atoms with Gasteiger partial charge in [0.15, 0.2) is 5.78 Å². The van der Waals surface area contributed by atoms with Crippen LogP contribution in [-0.2, 0) is 11.2 Å². The molecule has 1 aromatic heterocycles. The average molecular weight is 362 g/mol. The largest absolute Gasteiger partial charge is 0.326 e. The molecular formula is C20H14N2O3S. The van der Waals surface area contributed by atoms with Crippen LogP contribution in [0.15, 0.2) is 60.0 Å². The molecule has 0 radical (unpaired) electrons. The minimum atomic E-state index is -0.173. The molecular weight excluding hydrogens is 348 g/mol. The zero-order valence-electron chi connectivity index (χ0n) is 13.6. The fraction of sp³-hybridized carbons (Fsp3) is 0.0500. The molecule has 2 amide bonds. The molecule has 0 aliphatic carbocycles. The van der Waals surface area contributed by atoms with Gasteiger partial charge in [-0.1, -0.05) is 18.2 Å². The van der Waals surface area contributed by atoms with Crippen molar-refractivity contribution in [2.75, 3.05) is 10.6 Å². The molecule has 0 unspecified atom stereocenters. The van der Waals surface area contributed by atoms with Gasteiger partial charge < -0.3 is 10.6 Å². The van der Waals surface area contributed by atoms with Crippen molar-refractivity contribution < 1.29 is 14.4 Å². The predicted octanol–water partition coefficient (Wildman–Crippen LogP) is 3.73. The molecule has 26 heavy (non-hydrogen) atoms. The van der Waals surface area contributed by atoms with E-state index in [1.165, 1.54) is 11.3 Å². The molecule has 1 aliphatic heterocycles. The molecule has 0 saturated heterocycles. The first-order valence-electron chi connectivity index (χ1n) is 8.02. The lowest BCUT2D eigenvalue weighted by Crippen LogP contribution is -2.10. The van der Waals surface area contributed by atoms with Gasteiger partial charge in [-0.3, -0.25) is 14.4 Å². The first kappa shape index (κ1) is 16.2. The number of anilines is 2. The smallest absolute Gasteiger partial charge is 0.265 e. The Morgan fingerprint density at radius 3 is 2.50 bits per heavy atom. The van der Waals surface area contributed by atoms with E-state index in [0.717, 1.165) is 5.56 Å². The topological polar surface area (TPSA) is 75.3 Å². The highest BCUT2D eigenvalue weighted by atomic mass is 32.1. The maximum atomic E-state index is 12.6. The lowest BCUT2D eigenvalue weighted by atomic mass is 10.0. The van der Waals surface area contributed by atoms with Gasteiger partial charge in [0, 0.05) is 22.5 Å². The molecule has 0 fully saturated rings. The van der Waals surface area contributed by atoms with Crippen LogP contribution >= 0.6 is 11.3 Å². The van der Waals surface area contributed by atoms with Crippen molar-refractivity contribution in [3.05, 3.63) is 81.5 Å². The summed E-state index contributed by atoms with van der Waals surface area (Å²) in [6, 6.07) is 15.6. The molecule has 5 nitrogen and oxygen atoms in total. The normalized spacial score (nSPS) is 12.4. The number of benzene rings is 2. The van der Waals surface area contributed by atoms with Gasteiger partial charge in [0.1, 0.15) is 0 Å². The van der Waals surface area contributed by atoms with Crippen molar-refractivity contribution in [1.82, 2.24) is 0 Å². The summed E-state index contributed by atoms with van der Waals surface area (Å²) in [5, 5.41) is 7.40. The van der Waals surface area contributed by atoms with Crippen molar-refractivity contribution in [2.24, 2.45) is 0 Å². The molecule has 2 heterocycles. The highest BCUT2D eigenvalue weighted by Crippen LogP contribution is 2.25. The third-order valence-corrected chi connectivity index (χ3v) is 5.02. The van der Waals surface area contributed by atoms with Crippen LogP contribution in [0.2, 0.25) is 0 Å². The Labute approximate surface area is 153 Å². The van der Waals surface area contributed by atoms with Gasteiger partial charge in [-0.05, 0) is 47.3 Å². The lowest BCUT2D eigenvalue weighted by molar-refractivity contribution is -0.115. The molecule has 128 valence electrons. The van der Waals surface area contributed by atoms with E-state index in [0.29, 0.717) is 33.8 Å². The number of fused-ring (bicyclic) bond motifs is 1. The molecule has 0 spiro atoms. The van der Waals surface area contributed by atoms with Gasteiger partial charge in [0.05, 0.1) is 11.3 Å². The molecule has 0 atom stereocenters. The van der Waals surface area contributed by atoms with Crippen molar-refractivity contribution in [1.29, 1.82) is 0 Å². The fourth-order valence-corrected chi connectivity index (χ4v) is 3.45. The van der Waals surface area contributed by atoms with Crippen molar-refractivity contribution in [3.63, 3.8) is 0 Å². The van der Waals surface area contributed by atoms with Crippen LogP contribution in [-0.4, -0.2) is 17.6 Å². The number of carbonyl (C=O) groups is 3. The van der Waals surface area contributed by atoms with Crippen molar-refractivity contribution in [3.8, 4) is 0 Å². The second-order valence-corrected chi connectivity index (χ2v) is 6.88. The number of ketones is 1. The summed E-state index contributed by atoms with van der Waals surface area (Å²) in [6.07, 6.45) is 0.350. The zero-order valence-corrected chi connectivity index (χ0v) is 14.4. The molecule has 1 aliphatic rings. The van der Waals surface area contributed by atoms with Crippen LogP contribution in [0.1, 0.15) is 31.2 Å². The third kappa shape index (κ3) is 3.14. The molecule has 2 N–H and O–H groups in total. The van der Waals surface area contributed by atoms with E-state index in [4.69, 9.17) is 0 Å². The summed E-state index contributed by atoms with van der Waals surface area (Å²) < 4.78 is 0. The summed E-state index contributed by atoms with van der Waals surface area (Å²) in [6.45, 7) is 0. The second-order valence-electron chi connectivity index (χ2n) is 5.93. The molecule has 0 bridgehead atoms. The number of hydrogen-bond donors (Lipinski definition) is 2. The van der Waals surface area contributed by atoms with Gasteiger partial charge >= 0.3 is 0 Å². The summed E-state index contributed by atoms with van der Waals surface area (Å²) in [4.78, 5) is 36.8. The Hall–Kier alpha value is -3.25. The van der Waals surface area contributed by atoms with E-state index in [1.807, 2.05) is 11.4 Å². The van der Waals surface area contributed by atoms with Gasteiger partial charge in [-0.25, -0.2) is 0 Å². The summed E-state index contributed by atoms with van der Waals surface area (Å²) in [5.41, 5.74) is 3.25. The minimum absolute atomic E-state index is 0.0598. The van der Waals surface area contributed by atoms with Gasteiger partial charge in [-0.15, -0.1) is 11.3 Å². The third-order valence-electron chi connectivity index (χ3n) is 4.15. The number of carbonyl (C=O) groups excluding carboxylic acids is 3. The van der Waals surface area contributed by atoms with Crippen LogP contribution in [0.25, 0.3) is 0 Å². The van der Waals surface area contributed by atoms with E-state index in [9.17, 15) is 14.4 Å². The van der Waals surface area contributed by atoms with E-state index in [2.05, 4.69) is 10.6 Å². The summed E-state index contributed by atoms with van der Waals surface area (Å²) in [7, 11) is 0. The highest BCUT2D eigenvalue weighted by molar-refractivity contribution is 7.12. The number of amides is 2. The maximum Gasteiger partial charge on any atom is 0.265 e. The minimum Gasteiger partial charge on any atom is -0.326 e. The average Bonchev–Trinajstić information content (AvgIpc) is 3.29. The number of thiophene rings is 1. The van der Waals surface area contributed by atoms with Crippen molar-refractivity contribution in [2.45, 2.75) is 6.42 Å². The van der Waals surface area contributed by atoms with Crippen LogP contribution in [0, 0.1) is 0 Å².